The number of aromatic nitrogens is 3. The van der Waals surface area contributed by atoms with E-state index in [0.717, 1.165) is 57.7 Å². The van der Waals surface area contributed by atoms with Gasteiger partial charge in [0, 0.05) is 35.6 Å². The first-order valence-electron chi connectivity index (χ1n) is 8.29. The molecule has 0 radical (unpaired) electrons. The lowest BCUT2D eigenvalue weighted by Crippen LogP contribution is -2.21. The van der Waals surface area contributed by atoms with Crippen molar-refractivity contribution in [2.24, 2.45) is 0 Å². The highest BCUT2D eigenvalue weighted by Crippen LogP contribution is 2.38. The Morgan fingerprint density at radius 1 is 1.16 bits per heavy atom. The number of fused-ring (bicyclic) bond motifs is 2. The van der Waals surface area contributed by atoms with Gasteiger partial charge in [-0.3, -0.25) is 0 Å². The number of H-pyrrole nitrogens is 2. The van der Waals surface area contributed by atoms with Crippen LogP contribution >= 0.6 is 0 Å². The Bertz CT molecular complexity index is 1020. The molecule has 0 saturated carbocycles. The van der Waals surface area contributed by atoms with Gasteiger partial charge in [0.15, 0.2) is 0 Å². The molecule has 0 atom stereocenters. The molecular weight excluding hydrogens is 308 g/mol. The van der Waals surface area contributed by atoms with E-state index in [0.29, 0.717) is 0 Å². The molecule has 1 aliphatic rings. The van der Waals surface area contributed by atoms with Crippen molar-refractivity contribution in [3.8, 4) is 0 Å². The van der Waals surface area contributed by atoms with Crippen LogP contribution < -0.4 is 0 Å². The molecule has 0 spiro atoms. The van der Waals surface area contributed by atoms with E-state index in [2.05, 4.69) is 64.0 Å². The number of hydrogen-bond donors (Lipinski definition) is 2. The summed E-state index contributed by atoms with van der Waals surface area (Å²) in [6, 6.07) is 6.30. The highest BCUT2D eigenvalue weighted by Gasteiger charge is 2.24. The third-order valence-electron chi connectivity index (χ3n) is 4.60. The molecule has 0 unspecified atom stereocenters. The lowest BCUT2D eigenvalue weighted by atomic mass is 9.92. The molecule has 2 aromatic heterocycles. The summed E-state index contributed by atoms with van der Waals surface area (Å²) < 4.78 is 0. The Hall–Kier alpha value is -3.27. The zero-order valence-corrected chi connectivity index (χ0v) is 14.0. The molecule has 0 aliphatic carbocycles. The summed E-state index contributed by atoms with van der Waals surface area (Å²) in [4.78, 5) is 13.2. The van der Waals surface area contributed by atoms with E-state index in [-0.39, 0.29) is 0 Å². The molecule has 1 aromatic carbocycles. The molecule has 0 saturated heterocycles. The van der Waals surface area contributed by atoms with Gasteiger partial charge in [0.05, 0.1) is 28.8 Å². The number of nitrogens with one attached hydrogen (secondary N) is 2. The fourth-order valence-electron chi connectivity index (χ4n) is 3.32. The molecule has 4 heteroatoms. The Labute approximate surface area is 146 Å². The largest absolute Gasteiger partial charge is 0.359 e. The van der Waals surface area contributed by atoms with Gasteiger partial charge in [-0.2, -0.15) is 0 Å². The molecule has 4 rings (SSSR count). The maximum atomic E-state index is 4.53. The second-order valence-electron chi connectivity index (χ2n) is 6.10. The van der Waals surface area contributed by atoms with Gasteiger partial charge in [0.1, 0.15) is 0 Å². The van der Waals surface area contributed by atoms with Crippen molar-refractivity contribution >= 4 is 28.4 Å². The average Bonchev–Trinajstić information content (AvgIpc) is 3.29. The predicted molar refractivity (Wildman–Crippen MR) is 105 cm³/mol. The number of imidazole rings is 1. The van der Waals surface area contributed by atoms with Crippen LogP contribution in [0.5, 0.6) is 0 Å². The summed E-state index contributed by atoms with van der Waals surface area (Å²) in [5, 5.41) is 0. The first kappa shape index (κ1) is 15.3. The van der Waals surface area contributed by atoms with Crippen LogP contribution in [0.1, 0.15) is 28.8 Å². The number of aromatic amines is 2. The number of benzene rings is 1. The molecule has 0 fully saturated rings. The second kappa shape index (κ2) is 5.98. The van der Waals surface area contributed by atoms with Crippen molar-refractivity contribution in [2.45, 2.75) is 6.42 Å². The first-order valence-corrected chi connectivity index (χ1v) is 8.29. The molecule has 4 nitrogen and oxygen atoms in total. The van der Waals surface area contributed by atoms with E-state index >= 15 is 0 Å². The average molecular weight is 328 g/mol. The Morgan fingerprint density at radius 2 is 2.04 bits per heavy atom. The van der Waals surface area contributed by atoms with E-state index in [1.807, 2.05) is 18.3 Å². The number of nitrogens with zero attached hydrogens (tertiary/aromatic N) is 2. The second-order valence-corrected chi connectivity index (χ2v) is 6.10. The Kier molecular flexibility index (Phi) is 3.65. The minimum Gasteiger partial charge on any atom is -0.359 e. The highest BCUT2D eigenvalue weighted by molar-refractivity contribution is 5.98. The van der Waals surface area contributed by atoms with Gasteiger partial charge in [0.25, 0.3) is 0 Å². The number of hydrogen-bond acceptors (Lipinski definition) is 2. The standard InChI is InChI=1S/C21H20N4/c1-4-6-9-25-12-18(16-7-8-22-20(16)14(25)3)17-10-15(5-2)11-19-21(17)24-13-23-19/h4-5,7-8,10-13,22H,1-3,6,9H2,(H,23,24). The van der Waals surface area contributed by atoms with Crippen LogP contribution in [-0.2, 0) is 0 Å². The maximum absolute atomic E-state index is 4.53. The van der Waals surface area contributed by atoms with Crippen molar-refractivity contribution in [3.63, 3.8) is 0 Å². The monoisotopic (exact) mass is 328 g/mol. The fourth-order valence-corrected chi connectivity index (χ4v) is 3.32. The molecule has 3 aromatic rings. The van der Waals surface area contributed by atoms with Crippen molar-refractivity contribution in [2.75, 3.05) is 6.54 Å². The molecule has 0 bridgehead atoms. The van der Waals surface area contributed by atoms with E-state index < -0.39 is 0 Å². The quantitative estimate of drug-likeness (QED) is 0.662. The van der Waals surface area contributed by atoms with Gasteiger partial charge in [0.2, 0.25) is 0 Å². The summed E-state index contributed by atoms with van der Waals surface area (Å²) >= 11 is 0. The molecule has 1 aliphatic heterocycles. The van der Waals surface area contributed by atoms with Crippen molar-refractivity contribution in [1.29, 1.82) is 0 Å². The van der Waals surface area contributed by atoms with Crippen LogP contribution in [0.2, 0.25) is 0 Å². The van der Waals surface area contributed by atoms with Gasteiger partial charge in [-0.25, -0.2) is 4.98 Å². The third-order valence-corrected chi connectivity index (χ3v) is 4.60. The molecule has 0 amide bonds. The van der Waals surface area contributed by atoms with Gasteiger partial charge < -0.3 is 14.9 Å². The highest BCUT2D eigenvalue weighted by atomic mass is 15.1. The predicted octanol–water partition coefficient (Wildman–Crippen LogP) is 4.79. The fraction of sp³-hybridized carbons (Fsp3) is 0.0952. The van der Waals surface area contributed by atoms with Crippen molar-refractivity contribution in [1.82, 2.24) is 19.9 Å². The van der Waals surface area contributed by atoms with E-state index in [1.165, 1.54) is 0 Å². The zero-order valence-electron chi connectivity index (χ0n) is 14.0. The molecule has 2 N–H and O–H groups in total. The first-order chi connectivity index (χ1) is 12.2. The van der Waals surface area contributed by atoms with E-state index in [9.17, 15) is 0 Å². The third kappa shape index (κ3) is 2.43. The topological polar surface area (TPSA) is 47.7 Å². The summed E-state index contributed by atoms with van der Waals surface area (Å²) in [6.45, 7) is 12.8. The van der Waals surface area contributed by atoms with Crippen LogP contribution in [0.3, 0.4) is 0 Å². The minimum atomic E-state index is 0.842. The summed E-state index contributed by atoms with van der Waals surface area (Å²) in [5.41, 5.74) is 8.42. The van der Waals surface area contributed by atoms with Crippen LogP contribution in [0.25, 0.3) is 28.4 Å². The van der Waals surface area contributed by atoms with Crippen LogP contribution in [0.4, 0.5) is 0 Å². The SMILES string of the molecule is C=CCCN1C=C(c2cc(C=C)cc3[nH]cnc23)c2cc[nH]c2C1=C. The summed E-state index contributed by atoms with van der Waals surface area (Å²) in [6.07, 6.45) is 10.5. The van der Waals surface area contributed by atoms with Crippen molar-refractivity contribution < 1.29 is 0 Å². The van der Waals surface area contributed by atoms with Gasteiger partial charge in [-0.1, -0.05) is 25.3 Å². The summed E-state index contributed by atoms with van der Waals surface area (Å²) in [5.74, 6) is 0. The van der Waals surface area contributed by atoms with Crippen molar-refractivity contribution in [3.05, 3.63) is 85.1 Å². The van der Waals surface area contributed by atoms with E-state index in [4.69, 9.17) is 0 Å². The van der Waals surface area contributed by atoms with Crippen LogP contribution in [0.15, 0.2) is 62.7 Å². The Balaban J connectivity index is 1.94. The molecular formula is C21H20N4. The van der Waals surface area contributed by atoms with Gasteiger partial charge in [-0.05, 0) is 30.2 Å². The maximum Gasteiger partial charge on any atom is 0.0962 e. The van der Waals surface area contributed by atoms with Gasteiger partial charge >= 0.3 is 0 Å². The minimum absolute atomic E-state index is 0.842. The summed E-state index contributed by atoms with van der Waals surface area (Å²) in [7, 11) is 0. The molecule has 124 valence electrons. The smallest absolute Gasteiger partial charge is 0.0962 e. The molecule has 3 heterocycles. The zero-order chi connectivity index (χ0) is 17.4. The lowest BCUT2D eigenvalue weighted by molar-refractivity contribution is 0.535. The molecule has 25 heavy (non-hydrogen) atoms. The van der Waals surface area contributed by atoms with Crippen LogP contribution in [-0.4, -0.2) is 26.4 Å². The normalized spacial score (nSPS) is 13.7. The van der Waals surface area contributed by atoms with Crippen LogP contribution in [0, 0.1) is 0 Å². The van der Waals surface area contributed by atoms with Gasteiger partial charge in [-0.15, -0.1) is 6.58 Å². The lowest BCUT2D eigenvalue weighted by Gasteiger charge is -2.29. The Morgan fingerprint density at radius 3 is 2.84 bits per heavy atom. The number of rotatable bonds is 5. The van der Waals surface area contributed by atoms with E-state index in [1.54, 1.807) is 6.33 Å².